The van der Waals surface area contributed by atoms with Crippen LogP contribution in [-0.4, -0.2) is 29.9 Å². The molecule has 5 nitrogen and oxygen atoms in total. The van der Waals surface area contributed by atoms with Gasteiger partial charge in [-0.1, -0.05) is 15.9 Å². The molecule has 3 heterocycles. The number of nitrogens with zero attached hydrogens (tertiary/aromatic N) is 3. The van der Waals surface area contributed by atoms with E-state index < -0.39 is 0 Å². The zero-order chi connectivity index (χ0) is 17.6. The summed E-state index contributed by atoms with van der Waals surface area (Å²) in [6.45, 7) is 3.10. The van der Waals surface area contributed by atoms with Gasteiger partial charge in [0.25, 0.3) is 0 Å². The van der Waals surface area contributed by atoms with E-state index in [0.717, 1.165) is 33.4 Å². The Morgan fingerprint density at radius 3 is 2.96 bits per heavy atom. The summed E-state index contributed by atoms with van der Waals surface area (Å²) in [6.07, 6.45) is 4.62. The molecule has 1 fully saturated rings. The van der Waals surface area contributed by atoms with Crippen molar-refractivity contribution in [2.75, 3.05) is 22.9 Å². The SMILES string of the molecule is Cc1cc(N2C[C@@H](C(=O)N3CCc4cnccc43)CC2=O)ccc1Br. The first-order valence-corrected chi connectivity index (χ1v) is 9.14. The number of halogens is 1. The topological polar surface area (TPSA) is 53.5 Å². The van der Waals surface area contributed by atoms with Crippen molar-refractivity contribution < 1.29 is 9.59 Å². The molecule has 6 heteroatoms. The quantitative estimate of drug-likeness (QED) is 0.779. The number of aryl methyl sites for hydroxylation is 1. The Morgan fingerprint density at radius 2 is 2.16 bits per heavy atom. The lowest BCUT2D eigenvalue weighted by atomic mass is 10.1. The first kappa shape index (κ1) is 16.3. The average Bonchev–Trinajstić information content (AvgIpc) is 3.20. The lowest BCUT2D eigenvalue weighted by molar-refractivity contribution is -0.124. The highest BCUT2D eigenvalue weighted by atomic mass is 79.9. The van der Waals surface area contributed by atoms with E-state index in [4.69, 9.17) is 0 Å². The Bertz CT molecular complexity index is 867. The molecule has 128 valence electrons. The van der Waals surface area contributed by atoms with Crippen LogP contribution >= 0.6 is 15.9 Å². The van der Waals surface area contributed by atoms with E-state index in [0.29, 0.717) is 13.1 Å². The first-order chi connectivity index (χ1) is 12.0. The van der Waals surface area contributed by atoms with Crippen molar-refractivity contribution in [1.29, 1.82) is 0 Å². The molecule has 0 bridgehead atoms. The molecule has 1 aromatic carbocycles. The molecule has 1 saturated heterocycles. The molecular formula is C19H18BrN3O2. The Hall–Kier alpha value is -2.21. The number of anilines is 2. The maximum absolute atomic E-state index is 13.0. The minimum atomic E-state index is -0.296. The minimum Gasteiger partial charge on any atom is -0.312 e. The molecule has 0 N–H and O–H groups in total. The van der Waals surface area contributed by atoms with E-state index in [1.165, 1.54) is 0 Å². The summed E-state index contributed by atoms with van der Waals surface area (Å²) in [6, 6.07) is 7.72. The molecule has 25 heavy (non-hydrogen) atoms. The number of hydrogen-bond acceptors (Lipinski definition) is 3. The number of rotatable bonds is 2. The van der Waals surface area contributed by atoms with Gasteiger partial charge in [-0.15, -0.1) is 0 Å². The standard InChI is InChI=1S/C19H18BrN3O2/c1-12-8-15(2-3-16(12)20)23-11-14(9-18(23)24)19(25)22-7-5-13-10-21-6-4-17(13)22/h2-4,6,8,10,14H,5,7,9,11H2,1H3/t14-/m0/s1. The first-order valence-electron chi connectivity index (χ1n) is 8.35. The van der Waals surface area contributed by atoms with Crippen LogP contribution in [0.1, 0.15) is 17.5 Å². The molecule has 2 aliphatic rings. The normalized spacial score (nSPS) is 19.4. The highest BCUT2D eigenvalue weighted by Crippen LogP contribution is 2.33. The number of hydrogen-bond donors (Lipinski definition) is 0. The van der Waals surface area contributed by atoms with Gasteiger partial charge in [0.15, 0.2) is 0 Å². The number of carbonyl (C=O) groups is 2. The van der Waals surface area contributed by atoms with Crippen LogP contribution in [0.25, 0.3) is 0 Å². The fraction of sp³-hybridized carbons (Fsp3) is 0.316. The number of aromatic nitrogens is 1. The molecule has 2 amide bonds. The van der Waals surface area contributed by atoms with E-state index in [2.05, 4.69) is 20.9 Å². The van der Waals surface area contributed by atoms with Crippen molar-refractivity contribution in [1.82, 2.24) is 4.98 Å². The molecule has 1 atom stereocenters. The van der Waals surface area contributed by atoms with Crippen LogP contribution < -0.4 is 9.80 Å². The lowest BCUT2D eigenvalue weighted by Gasteiger charge is -2.22. The predicted octanol–water partition coefficient (Wildman–Crippen LogP) is 3.09. The van der Waals surface area contributed by atoms with Crippen LogP contribution in [0.4, 0.5) is 11.4 Å². The number of benzene rings is 1. The van der Waals surface area contributed by atoms with Gasteiger partial charge in [0, 0.05) is 47.8 Å². The van der Waals surface area contributed by atoms with Gasteiger partial charge in [0.2, 0.25) is 11.8 Å². The van der Waals surface area contributed by atoms with Crippen LogP contribution in [-0.2, 0) is 16.0 Å². The fourth-order valence-corrected chi connectivity index (χ4v) is 3.84. The van der Waals surface area contributed by atoms with Crippen molar-refractivity contribution in [3.63, 3.8) is 0 Å². The second kappa shape index (κ2) is 6.26. The van der Waals surface area contributed by atoms with Crippen LogP contribution in [0.3, 0.4) is 0 Å². The number of carbonyl (C=O) groups excluding carboxylic acids is 2. The molecular weight excluding hydrogens is 382 g/mol. The second-order valence-corrected chi connectivity index (χ2v) is 7.44. The summed E-state index contributed by atoms with van der Waals surface area (Å²) >= 11 is 3.48. The fourth-order valence-electron chi connectivity index (χ4n) is 3.60. The third kappa shape index (κ3) is 2.84. The molecule has 0 radical (unpaired) electrons. The lowest BCUT2D eigenvalue weighted by Crippen LogP contribution is -2.36. The monoisotopic (exact) mass is 399 g/mol. The van der Waals surface area contributed by atoms with E-state index in [1.807, 2.05) is 42.3 Å². The van der Waals surface area contributed by atoms with Crippen LogP contribution in [0.5, 0.6) is 0 Å². The Balaban J connectivity index is 1.54. The van der Waals surface area contributed by atoms with E-state index >= 15 is 0 Å². The van der Waals surface area contributed by atoms with E-state index in [9.17, 15) is 9.59 Å². The molecule has 0 spiro atoms. The Labute approximate surface area is 154 Å². The largest absolute Gasteiger partial charge is 0.312 e. The molecule has 2 aromatic rings. The van der Waals surface area contributed by atoms with Gasteiger partial charge in [0.05, 0.1) is 5.92 Å². The smallest absolute Gasteiger partial charge is 0.232 e. The van der Waals surface area contributed by atoms with Gasteiger partial charge in [-0.25, -0.2) is 0 Å². The van der Waals surface area contributed by atoms with Crippen molar-refractivity contribution in [3.8, 4) is 0 Å². The molecule has 0 saturated carbocycles. The predicted molar refractivity (Wildman–Crippen MR) is 99.6 cm³/mol. The van der Waals surface area contributed by atoms with Crippen LogP contribution in [0.15, 0.2) is 41.1 Å². The third-order valence-corrected chi connectivity index (χ3v) is 5.86. The highest BCUT2D eigenvalue weighted by molar-refractivity contribution is 9.10. The van der Waals surface area contributed by atoms with Gasteiger partial charge < -0.3 is 9.80 Å². The van der Waals surface area contributed by atoms with Gasteiger partial charge >= 0.3 is 0 Å². The van der Waals surface area contributed by atoms with Crippen LogP contribution in [0, 0.1) is 12.8 Å². The van der Waals surface area contributed by atoms with Gasteiger partial charge in [0.1, 0.15) is 0 Å². The molecule has 0 unspecified atom stereocenters. The summed E-state index contributed by atoms with van der Waals surface area (Å²) in [7, 11) is 0. The molecule has 4 rings (SSSR count). The Kier molecular flexibility index (Phi) is 4.07. The summed E-state index contributed by atoms with van der Waals surface area (Å²) in [5, 5.41) is 0. The third-order valence-electron chi connectivity index (χ3n) is 4.97. The highest BCUT2D eigenvalue weighted by Gasteiger charge is 2.39. The number of amides is 2. The average molecular weight is 400 g/mol. The van der Waals surface area contributed by atoms with Crippen molar-refractivity contribution >= 4 is 39.1 Å². The molecule has 0 aliphatic carbocycles. The zero-order valence-corrected chi connectivity index (χ0v) is 15.5. The summed E-state index contributed by atoms with van der Waals surface area (Å²) in [5.41, 5.74) is 3.96. The Morgan fingerprint density at radius 1 is 1.32 bits per heavy atom. The second-order valence-electron chi connectivity index (χ2n) is 6.58. The minimum absolute atomic E-state index is 0.00854. The molecule has 2 aliphatic heterocycles. The summed E-state index contributed by atoms with van der Waals surface area (Å²) in [4.78, 5) is 33.1. The zero-order valence-electron chi connectivity index (χ0n) is 13.9. The van der Waals surface area contributed by atoms with Crippen molar-refractivity contribution in [3.05, 3.63) is 52.3 Å². The van der Waals surface area contributed by atoms with Crippen molar-refractivity contribution in [2.45, 2.75) is 19.8 Å². The van der Waals surface area contributed by atoms with E-state index in [1.54, 1.807) is 11.1 Å². The summed E-state index contributed by atoms with van der Waals surface area (Å²) < 4.78 is 1.01. The van der Waals surface area contributed by atoms with Crippen molar-refractivity contribution in [2.24, 2.45) is 5.92 Å². The summed E-state index contributed by atoms with van der Waals surface area (Å²) in [5.74, 6) is -0.251. The van der Waals surface area contributed by atoms with Crippen LogP contribution in [0.2, 0.25) is 0 Å². The molecule has 1 aromatic heterocycles. The number of fused-ring (bicyclic) bond motifs is 1. The maximum atomic E-state index is 13.0. The maximum Gasteiger partial charge on any atom is 0.232 e. The number of pyridine rings is 1. The van der Waals surface area contributed by atoms with E-state index in [-0.39, 0.29) is 24.2 Å². The van der Waals surface area contributed by atoms with Gasteiger partial charge in [-0.3, -0.25) is 14.6 Å². The van der Waals surface area contributed by atoms with Gasteiger partial charge in [-0.2, -0.15) is 0 Å². The van der Waals surface area contributed by atoms with Gasteiger partial charge in [-0.05, 0) is 48.7 Å².